The molecule has 6 nitrogen and oxygen atoms in total. The van der Waals surface area contributed by atoms with E-state index in [1.54, 1.807) is 18.2 Å². The maximum atomic E-state index is 13.0. The molecule has 0 aliphatic carbocycles. The van der Waals surface area contributed by atoms with Crippen LogP contribution < -0.4 is 15.0 Å². The van der Waals surface area contributed by atoms with Crippen molar-refractivity contribution in [2.24, 2.45) is 0 Å². The zero-order valence-corrected chi connectivity index (χ0v) is 21.8. The number of anilines is 1. The first-order valence-electron chi connectivity index (χ1n) is 9.77. The van der Waals surface area contributed by atoms with E-state index in [0.717, 1.165) is 14.9 Å². The summed E-state index contributed by atoms with van der Waals surface area (Å²) in [6.07, 6.45) is 1.40. The highest BCUT2D eigenvalue weighted by molar-refractivity contribution is 9.10. The van der Waals surface area contributed by atoms with Crippen molar-refractivity contribution in [2.75, 3.05) is 4.90 Å². The number of imide groups is 2. The van der Waals surface area contributed by atoms with Gasteiger partial charge in [0.2, 0.25) is 0 Å². The average molecular weight is 625 g/mol. The highest BCUT2D eigenvalue weighted by Crippen LogP contribution is 2.31. The third-order valence-corrected chi connectivity index (χ3v) is 7.00. The Bertz CT molecular complexity index is 1360. The van der Waals surface area contributed by atoms with Crippen LogP contribution in [0.3, 0.4) is 0 Å². The van der Waals surface area contributed by atoms with Crippen LogP contribution in [-0.4, -0.2) is 17.8 Å². The van der Waals surface area contributed by atoms with Crippen molar-refractivity contribution < 1.29 is 19.1 Å². The third-order valence-electron chi connectivity index (χ3n) is 4.87. The predicted octanol–water partition coefficient (Wildman–Crippen LogP) is 6.76. The second kappa shape index (κ2) is 10.3. The number of barbiturate groups is 1. The molecule has 1 aliphatic heterocycles. The van der Waals surface area contributed by atoms with Crippen molar-refractivity contribution in [3.05, 3.63) is 96.4 Å². The maximum absolute atomic E-state index is 13.0. The van der Waals surface area contributed by atoms with Crippen LogP contribution in [0.1, 0.15) is 11.1 Å². The van der Waals surface area contributed by atoms with Gasteiger partial charge in [0.05, 0.1) is 20.2 Å². The first kappa shape index (κ1) is 24.5. The molecule has 1 saturated heterocycles. The Labute approximate surface area is 221 Å². The number of benzene rings is 3. The smallest absolute Gasteiger partial charge is 0.335 e. The van der Waals surface area contributed by atoms with Crippen LogP contribution >= 0.6 is 55.1 Å². The van der Waals surface area contributed by atoms with Gasteiger partial charge in [-0.3, -0.25) is 14.9 Å². The van der Waals surface area contributed by atoms with Crippen LogP contribution in [0.15, 0.2) is 75.2 Å². The fraction of sp³-hybridized carbons (Fsp3) is 0.0417. The predicted molar refractivity (Wildman–Crippen MR) is 138 cm³/mol. The molecule has 1 fully saturated rings. The Morgan fingerprint density at radius 2 is 1.68 bits per heavy atom. The summed E-state index contributed by atoms with van der Waals surface area (Å²) in [4.78, 5) is 38.7. The van der Waals surface area contributed by atoms with Gasteiger partial charge < -0.3 is 4.74 Å². The number of hydrogen-bond acceptors (Lipinski definition) is 4. The SMILES string of the molecule is O=C1NC(=O)N(c2ccc(Cl)c(Cl)c2)C(=O)/C1=C/c1ccc(OCc2ccccc2Br)c(Br)c1. The van der Waals surface area contributed by atoms with E-state index >= 15 is 0 Å². The van der Waals surface area contributed by atoms with E-state index in [4.69, 9.17) is 27.9 Å². The second-order valence-electron chi connectivity index (χ2n) is 7.13. The molecule has 1 aliphatic rings. The van der Waals surface area contributed by atoms with Crippen molar-refractivity contribution in [3.8, 4) is 5.75 Å². The standard InChI is InChI=1S/C24H14Br2Cl2N2O4/c25-17-4-2-1-3-14(17)12-34-21-8-5-13(10-18(21)26)9-16-22(31)29-24(33)30(23(16)32)15-6-7-19(27)20(28)11-15/h1-11H,12H2,(H,29,31,33)/b16-9+. The summed E-state index contributed by atoms with van der Waals surface area (Å²) in [6.45, 7) is 0.349. The summed E-state index contributed by atoms with van der Waals surface area (Å²) < 4.78 is 7.46. The number of halogens is 4. The molecule has 0 bridgehead atoms. The van der Waals surface area contributed by atoms with Gasteiger partial charge in [0.1, 0.15) is 17.9 Å². The number of nitrogens with zero attached hydrogens (tertiary/aromatic N) is 1. The third kappa shape index (κ3) is 5.20. The first-order valence-corrected chi connectivity index (χ1v) is 12.1. The lowest BCUT2D eigenvalue weighted by Crippen LogP contribution is -2.54. The van der Waals surface area contributed by atoms with Gasteiger partial charge in [-0.15, -0.1) is 0 Å². The van der Waals surface area contributed by atoms with Crippen molar-refractivity contribution in [1.82, 2.24) is 5.32 Å². The van der Waals surface area contributed by atoms with E-state index < -0.39 is 17.8 Å². The molecule has 3 aromatic carbocycles. The molecule has 3 aromatic rings. The van der Waals surface area contributed by atoms with Gasteiger partial charge in [0.15, 0.2) is 0 Å². The van der Waals surface area contributed by atoms with E-state index in [2.05, 4.69) is 37.2 Å². The van der Waals surface area contributed by atoms with Crippen LogP contribution in [0.4, 0.5) is 10.5 Å². The molecule has 0 radical (unpaired) electrons. The van der Waals surface area contributed by atoms with Crippen molar-refractivity contribution in [2.45, 2.75) is 6.61 Å². The summed E-state index contributed by atoms with van der Waals surface area (Å²) in [6, 6.07) is 16.3. The highest BCUT2D eigenvalue weighted by atomic mass is 79.9. The van der Waals surface area contributed by atoms with Crippen molar-refractivity contribution >= 4 is 84.7 Å². The number of carbonyl (C=O) groups is 3. The molecule has 4 amide bonds. The Morgan fingerprint density at radius 3 is 2.38 bits per heavy atom. The van der Waals surface area contributed by atoms with Crippen LogP contribution in [0.5, 0.6) is 5.75 Å². The normalized spacial score (nSPS) is 15.0. The number of urea groups is 1. The molecule has 0 unspecified atom stereocenters. The number of carbonyl (C=O) groups excluding carboxylic acids is 3. The number of amides is 4. The number of ether oxygens (including phenoxy) is 1. The second-order valence-corrected chi connectivity index (χ2v) is 9.65. The fourth-order valence-corrected chi connectivity index (χ4v) is 4.38. The first-order chi connectivity index (χ1) is 16.2. The molecular weight excluding hydrogens is 611 g/mol. The van der Waals surface area contributed by atoms with Gasteiger partial charge in [-0.1, -0.05) is 63.4 Å². The fourth-order valence-electron chi connectivity index (χ4n) is 3.18. The van der Waals surface area contributed by atoms with Gasteiger partial charge in [-0.2, -0.15) is 0 Å². The Balaban J connectivity index is 1.58. The topological polar surface area (TPSA) is 75.7 Å². The molecule has 4 rings (SSSR count). The van der Waals surface area contributed by atoms with E-state index in [1.165, 1.54) is 24.3 Å². The highest BCUT2D eigenvalue weighted by Gasteiger charge is 2.37. The van der Waals surface area contributed by atoms with Crippen LogP contribution in [0, 0.1) is 0 Å². The molecule has 1 heterocycles. The monoisotopic (exact) mass is 622 g/mol. The zero-order valence-electron chi connectivity index (χ0n) is 17.2. The molecule has 10 heteroatoms. The molecule has 172 valence electrons. The van der Waals surface area contributed by atoms with Crippen LogP contribution in [0.25, 0.3) is 6.08 Å². The van der Waals surface area contributed by atoms with E-state index in [0.29, 0.717) is 22.4 Å². The van der Waals surface area contributed by atoms with Crippen LogP contribution in [0.2, 0.25) is 10.0 Å². The van der Waals surface area contributed by atoms with Crippen molar-refractivity contribution in [1.29, 1.82) is 0 Å². The lowest BCUT2D eigenvalue weighted by atomic mass is 10.1. The lowest BCUT2D eigenvalue weighted by Gasteiger charge is -2.26. The van der Waals surface area contributed by atoms with E-state index in [1.807, 2.05) is 24.3 Å². The van der Waals surface area contributed by atoms with Gasteiger partial charge in [-0.25, -0.2) is 9.69 Å². The minimum atomic E-state index is -0.873. The van der Waals surface area contributed by atoms with Gasteiger partial charge >= 0.3 is 6.03 Å². The van der Waals surface area contributed by atoms with E-state index in [9.17, 15) is 14.4 Å². The molecular formula is C24H14Br2Cl2N2O4. The average Bonchev–Trinajstić information content (AvgIpc) is 2.79. The quantitative estimate of drug-likeness (QED) is 0.251. The molecule has 0 saturated carbocycles. The summed E-state index contributed by atoms with van der Waals surface area (Å²) >= 11 is 18.9. The molecule has 0 aromatic heterocycles. The summed E-state index contributed by atoms with van der Waals surface area (Å²) in [5.74, 6) is -0.987. The molecule has 1 N–H and O–H groups in total. The van der Waals surface area contributed by atoms with E-state index in [-0.39, 0.29) is 21.3 Å². The summed E-state index contributed by atoms with van der Waals surface area (Å²) in [7, 11) is 0. The number of nitrogens with one attached hydrogen (secondary N) is 1. The van der Waals surface area contributed by atoms with Gasteiger partial charge in [0, 0.05) is 10.0 Å². The van der Waals surface area contributed by atoms with Crippen molar-refractivity contribution in [3.63, 3.8) is 0 Å². The Hall–Kier alpha value is -2.65. The Morgan fingerprint density at radius 1 is 0.912 bits per heavy atom. The Kier molecular flexibility index (Phi) is 7.42. The van der Waals surface area contributed by atoms with Gasteiger partial charge in [-0.05, 0) is 64.0 Å². The number of rotatable bonds is 5. The molecule has 34 heavy (non-hydrogen) atoms. The minimum Gasteiger partial charge on any atom is -0.488 e. The summed E-state index contributed by atoms with van der Waals surface area (Å²) in [5, 5.41) is 2.62. The molecule has 0 atom stereocenters. The largest absolute Gasteiger partial charge is 0.488 e. The summed E-state index contributed by atoms with van der Waals surface area (Å²) in [5.41, 5.74) is 1.52. The maximum Gasteiger partial charge on any atom is 0.335 e. The van der Waals surface area contributed by atoms with Crippen LogP contribution in [-0.2, 0) is 16.2 Å². The lowest BCUT2D eigenvalue weighted by molar-refractivity contribution is -0.122. The number of hydrogen-bond donors (Lipinski definition) is 1. The zero-order chi connectivity index (χ0) is 24.4. The minimum absolute atomic E-state index is 0.171. The molecule has 0 spiro atoms. The van der Waals surface area contributed by atoms with Gasteiger partial charge in [0.25, 0.3) is 11.8 Å².